The number of nitriles is 1. The molecule has 19 rings (SSSR count). The first kappa shape index (κ1) is 54.6. The minimum Gasteiger partial charge on any atom is -0.309 e. The van der Waals surface area contributed by atoms with Gasteiger partial charge >= 0.3 is 0 Å². The summed E-state index contributed by atoms with van der Waals surface area (Å²) < 4.78 is 9.49. The van der Waals surface area contributed by atoms with Crippen molar-refractivity contribution in [3.63, 3.8) is 0 Å². The Kier molecular flexibility index (Phi) is 12.5. The van der Waals surface area contributed by atoms with Crippen molar-refractivity contribution in [2.24, 2.45) is 0 Å². The average molecular weight is 1220 g/mol. The number of aromatic nitrogens is 6. The molecule has 14 aromatic carbocycles. The highest BCUT2D eigenvalue weighted by Gasteiger charge is 2.21. The van der Waals surface area contributed by atoms with E-state index in [1.165, 1.54) is 81.8 Å². The zero-order chi connectivity index (χ0) is 63.4. The second-order valence-corrected chi connectivity index (χ2v) is 24.8. The van der Waals surface area contributed by atoms with E-state index in [1.807, 2.05) is 24.3 Å². The molecule has 0 aliphatic carbocycles. The van der Waals surface area contributed by atoms with Crippen molar-refractivity contribution < 1.29 is 0 Å². The van der Waals surface area contributed by atoms with Crippen LogP contribution in [0.1, 0.15) is 5.56 Å². The van der Waals surface area contributed by atoms with Crippen LogP contribution in [0.2, 0.25) is 0 Å². The van der Waals surface area contributed by atoms with Crippen molar-refractivity contribution in [2.45, 2.75) is 0 Å². The van der Waals surface area contributed by atoms with Crippen molar-refractivity contribution in [2.75, 3.05) is 0 Å². The zero-order valence-corrected chi connectivity index (χ0v) is 51.9. The minimum absolute atomic E-state index is 0.579. The predicted octanol–water partition coefficient (Wildman–Crippen LogP) is 22.7. The molecule has 0 atom stereocenters. The average Bonchev–Trinajstić information content (AvgIpc) is 1.61. The molecule has 7 heteroatoms. The van der Waals surface area contributed by atoms with E-state index in [9.17, 15) is 5.26 Å². The number of hydrogen-bond acceptors (Lipinski definition) is 3. The second-order valence-electron chi connectivity index (χ2n) is 24.8. The van der Waals surface area contributed by atoms with E-state index in [0.717, 1.165) is 89.6 Å². The van der Waals surface area contributed by atoms with Crippen LogP contribution in [0.4, 0.5) is 0 Å². The Balaban J connectivity index is 0.644. The van der Waals surface area contributed by atoms with Gasteiger partial charge in [0.15, 0.2) is 5.82 Å². The van der Waals surface area contributed by atoms with Crippen LogP contribution in [-0.2, 0) is 0 Å². The van der Waals surface area contributed by atoms with Gasteiger partial charge in [-0.15, -0.1) is 0 Å². The van der Waals surface area contributed by atoms with Crippen molar-refractivity contribution in [1.29, 1.82) is 5.26 Å². The Bertz CT molecular complexity index is 6360. The molecule has 0 aliphatic rings. The smallest absolute Gasteiger partial charge is 0.160 e. The first-order valence-electron chi connectivity index (χ1n) is 32.5. The number of fused-ring (bicyclic) bond motifs is 12. The van der Waals surface area contributed by atoms with Crippen molar-refractivity contribution in [3.05, 3.63) is 339 Å². The summed E-state index contributed by atoms with van der Waals surface area (Å²) >= 11 is 0. The fourth-order valence-corrected chi connectivity index (χ4v) is 14.9. The lowest BCUT2D eigenvalue weighted by Gasteiger charge is -2.13. The van der Waals surface area contributed by atoms with Gasteiger partial charge in [0.1, 0.15) is 0 Å². The molecule has 0 N–H and O–H groups in total. The molecule has 5 aromatic heterocycles. The van der Waals surface area contributed by atoms with E-state index in [-0.39, 0.29) is 0 Å². The zero-order valence-electron chi connectivity index (χ0n) is 51.9. The third-order valence-corrected chi connectivity index (χ3v) is 19.4. The van der Waals surface area contributed by atoms with Crippen LogP contribution in [0.25, 0.3) is 177 Å². The number of rotatable bonds is 10. The van der Waals surface area contributed by atoms with Crippen LogP contribution in [0.15, 0.2) is 334 Å². The molecule has 0 spiro atoms. The van der Waals surface area contributed by atoms with Crippen LogP contribution >= 0.6 is 0 Å². The second kappa shape index (κ2) is 22.0. The van der Waals surface area contributed by atoms with Gasteiger partial charge in [0, 0.05) is 82.5 Å². The maximum absolute atomic E-state index is 9.75. The van der Waals surface area contributed by atoms with Crippen LogP contribution in [0.3, 0.4) is 0 Å². The highest BCUT2D eigenvalue weighted by molar-refractivity contribution is 6.15. The number of nitrogens with zero attached hydrogens (tertiary/aromatic N) is 7. The fraction of sp³-hybridized carbons (Fsp3) is 0. The minimum atomic E-state index is 0.579. The molecule has 7 nitrogen and oxygen atoms in total. The van der Waals surface area contributed by atoms with Gasteiger partial charge in [0.2, 0.25) is 0 Å². The van der Waals surface area contributed by atoms with Gasteiger partial charge in [0.05, 0.1) is 67.2 Å². The Morgan fingerprint density at radius 1 is 0.208 bits per heavy atom. The SMILES string of the molecule is N#Cc1ccc(-c2nc(-c3ccc(-c4ccc(-n5c6ccccc6c6cc(-c7ccc8c(c7)c7ccccc7n8-c7ccccc7)ccc65)cc4)cc3)cc(-c3cccc(-n4c5ccccc5c5cc(-c6ccc7c(c6)c6ccccc6n7-c6ccccc6)ccc54)c3)n2)cc1. The highest BCUT2D eigenvalue weighted by atomic mass is 15.0. The standard InChI is InChI=1S/C89H55N7/c90-56-57-30-32-61(33-31-57)89-91-79(55-80(92-89)66-16-15-21-70(50-66)96-84-29-14-10-25-74(84)78-54-65(43-49-88(78)96)63-41-47-86-76(52-63)72-23-8-12-27-82(72)94(86)68-19-5-2-6-20-68)60-36-34-58(35-37-60)59-38-44-69(45-39-59)95-83-28-13-9-24-73(83)77-53-64(42-48-87(77)95)62-40-46-85-75(51-62)71-22-7-11-26-81(71)93(85)67-17-3-1-4-18-67/h1-55H. The Morgan fingerprint density at radius 3 is 0.938 bits per heavy atom. The quantitative estimate of drug-likeness (QED) is 0.137. The highest BCUT2D eigenvalue weighted by Crippen LogP contribution is 2.42. The fourth-order valence-electron chi connectivity index (χ4n) is 14.9. The van der Waals surface area contributed by atoms with Gasteiger partial charge in [0.25, 0.3) is 0 Å². The topological polar surface area (TPSA) is 69.3 Å². The Morgan fingerprint density at radius 2 is 0.521 bits per heavy atom. The van der Waals surface area contributed by atoms with E-state index in [4.69, 9.17) is 9.97 Å². The van der Waals surface area contributed by atoms with Crippen LogP contribution < -0.4 is 0 Å². The number of para-hydroxylation sites is 6. The van der Waals surface area contributed by atoms with Crippen molar-refractivity contribution >= 4 is 87.2 Å². The summed E-state index contributed by atoms with van der Waals surface area (Å²) in [6.45, 7) is 0. The summed E-state index contributed by atoms with van der Waals surface area (Å²) in [7, 11) is 0. The Labute approximate surface area is 552 Å². The molecule has 446 valence electrons. The largest absolute Gasteiger partial charge is 0.309 e. The lowest BCUT2D eigenvalue weighted by atomic mass is 10.0. The molecule has 0 aliphatic heterocycles. The first-order chi connectivity index (χ1) is 47.5. The molecular formula is C89H55N7. The van der Waals surface area contributed by atoms with Gasteiger partial charge in [-0.1, -0.05) is 182 Å². The number of hydrogen-bond donors (Lipinski definition) is 0. The molecule has 0 unspecified atom stereocenters. The van der Waals surface area contributed by atoms with Gasteiger partial charge in [-0.2, -0.15) is 5.26 Å². The van der Waals surface area contributed by atoms with Gasteiger partial charge in [-0.25, -0.2) is 9.97 Å². The summed E-state index contributed by atoms with van der Waals surface area (Å²) in [5.74, 6) is 0.579. The molecule has 0 amide bonds. The summed E-state index contributed by atoms with van der Waals surface area (Å²) in [6, 6.07) is 122. The Hall–Kier alpha value is -13.2. The molecule has 19 aromatic rings. The lowest BCUT2D eigenvalue weighted by molar-refractivity contribution is 1.16. The maximum Gasteiger partial charge on any atom is 0.160 e. The molecule has 0 saturated heterocycles. The predicted molar refractivity (Wildman–Crippen MR) is 397 cm³/mol. The van der Waals surface area contributed by atoms with E-state index in [1.54, 1.807) is 0 Å². The molecule has 0 radical (unpaired) electrons. The lowest BCUT2D eigenvalue weighted by Crippen LogP contribution is -1.98. The van der Waals surface area contributed by atoms with Crippen LogP contribution in [-0.4, -0.2) is 28.2 Å². The summed E-state index contributed by atoms with van der Waals surface area (Å²) in [5.41, 5.74) is 25.6. The molecule has 0 bridgehead atoms. The van der Waals surface area contributed by atoms with Gasteiger partial charge in [-0.05, 0) is 185 Å². The normalized spacial score (nSPS) is 11.7. The molecule has 0 fully saturated rings. The van der Waals surface area contributed by atoms with Crippen LogP contribution in [0, 0.1) is 11.3 Å². The molecule has 96 heavy (non-hydrogen) atoms. The number of benzene rings is 14. The summed E-state index contributed by atoms with van der Waals surface area (Å²) in [4.78, 5) is 10.5. The monoisotopic (exact) mass is 1220 g/mol. The van der Waals surface area contributed by atoms with Crippen molar-refractivity contribution in [1.82, 2.24) is 28.2 Å². The van der Waals surface area contributed by atoms with E-state index >= 15 is 0 Å². The van der Waals surface area contributed by atoms with Crippen molar-refractivity contribution in [3.8, 4) is 96.1 Å². The first-order valence-corrected chi connectivity index (χ1v) is 32.5. The van der Waals surface area contributed by atoms with E-state index in [0.29, 0.717) is 11.4 Å². The van der Waals surface area contributed by atoms with E-state index in [2.05, 4.69) is 334 Å². The molecule has 5 heterocycles. The molecule has 0 saturated carbocycles. The summed E-state index contributed by atoms with van der Waals surface area (Å²) in [6.07, 6.45) is 0. The van der Waals surface area contributed by atoms with Gasteiger partial charge < -0.3 is 18.3 Å². The van der Waals surface area contributed by atoms with Gasteiger partial charge in [-0.3, -0.25) is 0 Å². The third-order valence-electron chi connectivity index (χ3n) is 19.4. The summed E-state index contributed by atoms with van der Waals surface area (Å²) in [5, 5.41) is 19.5. The van der Waals surface area contributed by atoms with Crippen LogP contribution in [0.5, 0.6) is 0 Å². The van der Waals surface area contributed by atoms with E-state index < -0.39 is 0 Å². The molecular weight excluding hydrogens is 1170 g/mol. The third kappa shape index (κ3) is 8.89. The maximum atomic E-state index is 9.75.